The van der Waals surface area contributed by atoms with E-state index in [1.165, 1.54) is 0 Å². The summed E-state index contributed by atoms with van der Waals surface area (Å²) < 4.78 is 25.9. The first kappa shape index (κ1) is 14.8. The Labute approximate surface area is 116 Å². The van der Waals surface area contributed by atoms with Crippen molar-refractivity contribution < 1.29 is 8.42 Å². The third kappa shape index (κ3) is 3.91. The Bertz CT molecular complexity index is 431. The number of nitriles is 1. The molecule has 0 radical (unpaired) electrons. The van der Waals surface area contributed by atoms with Crippen molar-refractivity contribution in [2.75, 3.05) is 31.9 Å². The molecule has 0 amide bonds. The van der Waals surface area contributed by atoms with Gasteiger partial charge in [-0.25, -0.2) is 8.42 Å². The summed E-state index contributed by atoms with van der Waals surface area (Å²) in [5.74, 6) is 0.721. The van der Waals surface area contributed by atoms with Gasteiger partial charge in [-0.3, -0.25) is 4.90 Å². The van der Waals surface area contributed by atoms with Crippen molar-refractivity contribution in [1.29, 1.82) is 5.26 Å². The molecular weight excluding hydrogens is 262 g/mol. The van der Waals surface area contributed by atoms with E-state index in [1.54, 1.807) is 4.31 Å². The van der Waals surface area contributed by atoms with Crippen LogP contribution < -0.4 is 0 Å². The molecule has 1 saturated heterocycles. The smallest absolute Gasteiger partial charge is 0.214 e. The predicted molar refractivity (Wildman–Crippen MR) is 74.0 cm³/mol. The second kappa shape index (κ2) is 6.21. The summed E-state index contributed by atoms with van der Waals surface area (Å²) in [5.41, 5.74) is 0. The molecule has 2 rings (SSSR count). The number of nitrogens with zero attached hydrogens (tertiary/aromatic N) is 3. The highest BCUT2D eigenvalue weighted by atomic mass is 32.2. The fourth-order valence-electron chi connectivity index (χ4n) is 2.58. The molecule has 0 spiro atoms. The van der Waals surface area contributed by atoms with E-state index in [0.717, 1.165) is 25.7 Å². The zero-order valence-electron chi connectivity index (χ0n) is 11.6. The highest BCUT2D eigenvalue weighted by molar-refractivity contribution is 7.89. The van der Waals surface area contributed by atoms with Crippen molar-refractivity contribution in [3.8, 4) is 6.07 Å². The molecule has 5 nitrogen and oxygen atoms in total. The van der Waals surface area contributed by atoms with Crippen molar-refractivity contribution in [3.63, 3.8) is 0 Å². The molecule has 1 unspecified atom stereocenters. The van der Waals surface area contributed by atoms with Crippen molar-refractivity contribution in [2.24, 2.45) is 5.92 Å². The third-order valence-corrected chi connectivity index (χ3v) is 6.01. The monoisotopic (exact) mass is 285 g/mol. The number of piperazine rings is 1. The van der Waals surface area contributed by atoms with E-state index in [2.05, 4.69) is 17.9 Å². The maximum absolute atomic E-state index is 12.2. The first-order valence-electron chi connectivity index (χ1n) is 7.18. The zero-order chi connectivity index (χ0) is 13.9. The molecule has 2 fully saturated rings. The van der Waals surface area contributed by atoms with E-state index in [0.29, 0.717) is 37.8 Å². The normalized spacial score (nSPS) is 24.0. The molecule has 1 saturated carbocycles. The molecule has 1 aliphatic carbocycles. The van der Waals surface area contributed by atoms with Gasteiger partial charge in [0.2, 0.25) is 10.0 Å². The van der Waals surface area contributed by atoms with E-state index < -0.39 is 10.0 Å². The van der Waals surface area contributed by atoms with Gasteiger partial charge in [0.25, 0.3) is 0 Å². The average molecular weight is 285 g/mol. The van der Waals surface area contributed by atoms with Crippen LogP contribution in [0.2, 0.25) is 0 Å². The van der Waals surface area contributed by atoms with E-state index >= 15 is 0 Å². The lowest BCUT2D eigenvalue weighted by Crippen LogP contribution is -2.52. The second-order valence-electron chi connectivity index (χ2n) is 5.59. The lowest BCUT2D eigenvalue weighted by atomic mass is 10.1. The fourth-order valence-corrected chi connectivity index (χ4v) is 4.44. The molecule has 1 aliphatic heterocycles. The minimum absolute atomic E-state index is 0.0571. The Hall–Kier alpha value is -0.640. The molecule has 108 valence electrons. The Balaban J connectivity index is 1.86. The van der Waals surface area contributed by atoms with Crippen LogP contribution in [0.3, 0.4) is 0 Å². The highest BCUT2D eigenvalue weighted by Gasteiger charge is 2.34. The second-order valence-corrected chi connectivity index (χ2v) is 7.60. The van der Waals surface area contributed by atoms with Gasteiger partial charge in [-0.15, -0.1) is 0 Å². The summed E-state index contributed by atoms with van der Waals surface area (Å²) in [6.07, 6.45) is 3.97. The van der Waals surface area contributed by atoms with Crippen LogP contribution in [0.5, 0.6) is 0 Å². The summed E-state index contributed by atoms with van der Waals surface area (Å²) >= 11 is 0. The number of sulfonamides is 1. The number of hydrogen-bond donors (Lipinski definition) is 0. The summed E-state index contributed by atoms with van der Waals surface area (Å²) in [6, 6.07) is 2.27. The van der Waals surface area contributed by atoms with Gasteiger partial charge >= 0.3 is 0 Å². The molecule has 0 aromatic carbocycles. The quantitative estimate of drug-likeness (QED) is 0.731. The van der Waals surface area contributed by atoms with E-state index in [1.807, 2.05) is 0 Å². The molecule has 2 aliphatic rings. The summed E-state index contributed by atoms with van der Waals surface area (Å²) in [4.78, 5) is 2.12. The largest absolute Gasteiger partial charge is 0.285 e. The van der Waals surface area contributed by atoms with Crippen LogP contribution in [0.4, 0.5) is 0 Å². The Morgan fingerprint density at radius 1 is 1.26 bits per heavy atom. The van der Waals surface area contributed by atoms with Crippen LogP contribution >= 0.6 is 0 Å². The van der Waals surface area contributed by atoms with Gasteiger partial charge < -0.3 is 0 Å². The minimum Gasteiger partial charge on any atom is -0.285 e. The number of hydrogen-bond acceptors (Lipinski definition) is 4. The molecule has 0 N–H and O–H groups in total. The first-order valence-corrected chi connectivity index (χ1v) is 8.79. The molecule has 6 heteroatoms. The van der Waals surface area contributed by atoms with Crippen LogP contribution in [0, 0.1) is 17.2 Å². The van der Waals surface area contributed by atoms with E-state index in [-0.39, 0.29) is 6.04 Å². The highest BCUT2D eigenvalue weighted by Crippen LogP contribution is 2.31. The zero-order valence-corrected chi connectivity index (χ0v) is 12.4. The molecule has 1 heterocycles. The summed E-state index contributed by atoms with van der Waals surface area (Å²) in [5, 5.41) is 9.14. The molecule has 1 atom stereocenters. The Morgan fingerprint density at radius 3 is 2.37 bits per heavy atom. The lowest BCUT2D eigenvalue weighted by Gasteiger charge is -2.36. The van der Waals surface area contributed by atoms with Crippen molar-refractivity contribution >= 4 is 10.0 Å². The standard InChI is InChI=1S/C13H23N3O2S/c1-2-3-13(10-14)15-6-8-16(9-7-15)19(17,18)11-12-4-5-12/h12-13H,2-9,11H2,1H3. The van der Waals surface area contributed by atoms with Gasteiger partial charge in [0.15, 0.2) is 0 Å². The van der Waals surface area contributed by atoms with Crippen molar-refractivity contribution in [2.45, 2.75) is 38.6 Å². The maximum atomic E-state index is 12.2. The lowest BCUT2D eigenvalue weighted by molar-refractivity contribution is 0.156. The van der Waals surface area contributed by atoms with Gasteiger partial charge in [0.1, 0.15) is 0 Å². The predicted octanol–water partition coefficient (Wildman–Crippen LogP) is 1.04. The SMILES string of the molecule is CCCC(C#N)N1CCN(S(=O)(=O)CC2CC2)CC1. The van der Waals surface area contributed by atoms with Gasteiger partial charge in [-0.1, -0.05) is 13.3 Å². The third-order valence-electron chi connectivity index (χ3n) is 3.96. The van der Waals surface area contributed by atoms with Crippen LogP contribution in [0.15, 0.2) is 0 Å². The number of rotatable bonds is 6. The van der Waals surface area contributed by atoms with Crippen LogP contribution in [0.25, 0.3) is 0 Å². The molecule has 19 heavy (non-hydrogen) atoms. The van der Waals surface area contributed by atoms with Crippen molar-refractivity contribution in [3.05, 3.63) is 0 Å². The van der Waals surface area contributed by atoms with Crippen LogP contribution in [0.1, 0.15) is 32.6 Å². The molecule has 0 aromatic heterocycles. The Kier molecular flexibility index (Phi) is 4.82. The molecule has 0 aromatic rings. The topological polar surface area (TPSA) is 64.4 Å². The molecular formula is C13H23N3O2S. The molecule has 0 bridgehead atoms. The van der Waals surface area contributed by atoms with E-state index in [9.17, 15) is 8.42 Å². The Morgan fingerprint density at radius 2 is 1.89 bits per heavy atom. The van der Waals surface area contributed by atoms with Gasteiger partial charge in [0, 0.05) is 26.2 Å². The average Bonchev–Trinajstić information content (AvgIpc) is 3.19. The minimum atomic E-state index is -3.06. The van der Waals surface area contributed by atoms with Gasteiger partial charge in [-0.05, 0) is 25.2 Å². The van der Waals surface area contributed by atoms with Crippen molar-refractivity contribution in [1.82, 2.24) is 9.21 Å². The fraction of sp³-hybridized carbons (Fsp3) is 0.923. The van der Waals surface area contributed by atoms with E-state index in [4.69, 9.17) is 5.26 Å². The van der Waals surface area contributed by atoms with Crippen LogP contribution in [-0.2, 0) is 10.0 Å². The van der Waals surface area contributed by atoms with Gasteiger partial charge in [-0.2, -0.15) is 9.57 Å². The van der Waals surface area contributed by atoms with Crippen LogP contribution in [-0.4, -0.2) is 55.6 Å². The maximum Gasteiger partial charge on any atom is 0.214 e. The summed E-state index contributed by atoms with van der Waals surface area (Å²) in [7, 11) is -3.06. The van der Waals surface area contributed by atoms with Gasteiger partial charge in [0.05, 0.1) is 17.9 Å². The first-order chi connectivity index (χ1) is 9.06. The summed E-state index contributed by atoms with van der Waals surface area (Å²) in [6.45, 7) is 4.51.